The monoisotopic (exact) mass is 260 g/mol. The Hall–Kier alpha value is -1.26. The second kappa shape index (κ2) is 5.72. The Morgan fingerprint density at radius 2 is 2.00 bits per heavy atom. The molecule has 0 saturated carbocycles. The molecule has 16 heavy (non-hydrogen) atoms. The lowest BCUT2D eigenvalue weighted by atomic mass is 10.1. The summed E-state index contributed by atoms with van der Waals surface area (Å²) < 4.78 is 0. The van der Waals surface area contributed by atoms with Gasteiger partial charge in [0, 0.05) is 10.0 Å². The SMILES string of the molecule is NC(=O)CNC(=O)Cc1ccc(Cl)cc1Cl. The average Bonchev–Trinajstić information content (AvgIpc) is 2.19. The minimum absolute atomic E-state index is 0.0866. The molecule has 2 amide bonds. The standard InChI is InChI=1S/C10H10Cl2N2O2/c11-7-2-1-6(8(12)4-7)3-10(16)14-5-9(13)15/h1-2,4H,3,5H2,(H2,13,15)(H,14,16). The molecule has 1 aromatic carbocycles. The molecule has 0 aromatic heterocycles. The fourth-order valence-corrected chi connectivity index (χ4v) is 1.56. The predicted molar refractivity (Wildman–Crippen MR) is 62.4 cm³/mol. The van der Waals surface area contributed by atoms with Crippen molar-refractivity contribution in [1.82, 2.24) is 5.32 Å². The molecule has 4 nitrogen and oxygen atoms in total. The molecule has 0 spiro atoms. The molecule has 0 fully saturated rings. The van der Waals surface area contributed by atoms with Crippen LogP contribution in [0.3, 0.4) is 0 Å². The van der Waals surface area contributed by atoms with Crippen molar-refractivity contribution in [2.45, 2.75) is 6.42 Å². The van der Waals surface area contributed by atoms with E-state index in [9.17, 15) is 9.59 Å². The summed E-state index contributed by atoms with van der Waals surface area (Å²) in [5.74, 6) is -0.904. The lowest BCUT2D eigenvalue weighted by Crippen LogP contribution is -2.34. The van der Waals surface area contributed by atoms with Crippen LogP contribution in [0, 0.1) is 0 Å². The number of primary amides is 1. The molecule has 0 aliphatic carbocycles. The van der Waals surface area contributed by atoms with Crippen molar-refractivity contribution in [1.29, 1.82) is 0 Å². The fourth-order valence-electron chi connectivity index (χ4n) is 1.09. The molecule has 0 saturated heterocycles. The second-order valence-electron chi connectivity index (χ2n) is 3.16. The van der Waals surface area contributed by atoms with Gasteiger partial charge in [0.15, 0.2) is 0 Å². The van der Waals surface area contributed by atoms with Crippen LogP contribution in [0.2, 0.25) is 10.0 Å². The molecule has 0 aliphatic heterocycles. The molecule has 6 heteroatoms. The third kappa shape index (κ3) is 4.08. The van der Waals surface area contributed by atoms with Crippen molar-refractivity contribution in [2.75, 3.05) is 6.54 Å². The number of nitrogens with one attached hydrogen (secondary N) is 1. The molecular formula is C10H10Cl2N2O2. The van der Waals surface area contributed by atoms with Crippen LogP contribution in [-0.2, 0) is 16.0 Å². The van der Waals surface area contributed by atoms with Crippen LogP contribution >= 0.6 is 23.2 Å². The van der Waals surface area contributed by atoms with Gasteiger partial charge in [-0.25, -0.2) is 0 Å². The first-order valence-electron chi connectivity index (χ1n) is 4.48. The number of carbonyl (C=O) groups excluding carboxylic acids is 2. The van der Waals surface area contributed by atoms with E-state index in [2.05, 4.69) is 5.32 Å². The van der Waals surface area contributed by atoms with E-state index in [1.54, 1.807) is 18.2 Å². The summed E-state index contributed by atoms with van der Waals surface area (Å²) >= 11 is 11.6. The summed E-state index contributed by atoms with van der Waals surface area (Å²) in [6.07, 6.45) is 0.0866. The summed E-state index contributed by atoms with van der Waals surface area (Å²) in [4.78, 5) is 21.8. The molecule has 1 aromatic rings. The molecular weight excluding hydrogens is 251 g/mol. The van der Waals surface area contributed by atoms with Gasteiger partial charge in [-0.15, -0.1) is 0 Å². The zero-order chi connectivity index (χ0) is 12.1. The maximum absolute atomic E-state index is 11.3. The number of carbonyl (C=O) groups is 2. The van der Waals surface area contributed by atoms with E-state index in [4.69, 9.17) is 28.9 Å². The Bertz CT molecular complexity index is 421. The first-order chi connectivity index (χ1) is 7.49. The lowest BCUT2D eigenvalue weighted by Gasteiger charge is -2.05. The van der Waals surface area contributed by atoms with Crippen molar-refractivity contribution in [2.24, 2.45) is 5.73 Å². The van der Waals surface area contributed by atoms with Crippen LogP contribution in [-0.4, -0.2) is 18.4 Å². The Kier molecular flexibility index (Phi) is 4.58. The average molecular weight is 261 g/mol. The lowest BCUT2D eigenvalue weighted by molar-refractivity contribution is -0.124. The topological polar surface area (TPSA) is 72.2 Å². The molecule has 0 bridgehead atoms. The highest BCUT2D eigenvalue weighted by atomic mass is 35.5. The third-order valence-corrected chi connectivity index (χ3v) is 2.41. The van der Waals surface area contributed by atoms with Crippen LogP contribution in [0.15, 0.2) is 18.2 Å². The van der Waals surface area contributed by atoms with E-state index in [1.165, 1.54) is 0 Å². The normalized spacial score (nSPS) is 9.88. The molecule has 0 heterocycles. The summed E-state index contributed by atoms with van der Waals surface area (Å²) in [6, 6.07) is 4.86. The summed E-state index contributed by atoms with van der Waals surface area (Å²) in [7, 11) is 0. The maximum atomic E-state index is 11.3. The Morgan fingerprint density at radius 3 is 2.56 bits per heavy atom. The highest BCUT2D eigenvalue weighted by molar-refractivity contribution is 6.35. The number of rotatable bonds is 4. The highest BCUT2D eigenvalue weighted by Crippen LogP contribution is 2.21. The van der Waals surface area contributed by atoms with Crippen molar-refractivity contribution in [3.05, 3.63) is 33.8 Å². The number of hydrogen-bond acceptors (Lipinski definition) is 2. The van der Waals surface area contributed by atoms with Crippen LogP contribution < -0.4 is 11.1 Å². The Labute approximate surface area is 103 Å². The van der Waals surface area contributed by atoms with Gasteiger partial charge in [-0.3, -0.25) is 9.59 Å². The van der Waals surface area contributed by atoms with E-state index >= 15 is 0 Å². The predicted octanol–water partition coefficient (Wildman–Crippen LogP) is 1.14. The maximum Gasteiger partial charge on any atom is 0.236 e. The van der Waals surface area contributed by atoms with Gasteiger partial charge in [0.25, 0.3) is 0 Å². The number of benzene rings is 1. The van der Waals surface area contributed by atoms with Gasteiger partial charge in [-0.1, -0.05) is 29.3 Å². The summed E-state index contributed by atoms with van der Waals surface area (Å²) in [5, 5.41) is 3.29. The van der Waals surface area contributed by atoms with Crippen LogP contribution in [0.5, 0.6) is 0 Å². The Balaban J connectivity index is 2.59. The quantitative estimate of drug-likeness (QED) is 0.852. The van der Waals surface area contributed by atoms with Crippen molar-refractivity contribution < 1.29 is 9.59 Å². The van der Waals surface area contributed by atoms with E-state index < -0.39 is 5.91 Å². The van der Waals surface area contributed by atoms with Crippen molar-refractivity contribution in [3.63, 3.8) is 0 Å². The fraction of sp³-hybridized carbons (Fsp3) is 0.200. The van der Waals surface area contributed by atoms with Crippen LogP contribution in [0.25, 0.3) is 0 Å². The molecule has 0 unspecified atom stereocenters. The number of halogens is 2. The van der Waals surface area contributed by atoms with E-state index in [1.807, 2.05) is 0 Å². The first kappa shape index (κ1) is 12.8. The zero-order valence-electron chi connectivity index (χ0n) is 8.30. The van der Waals surface area contributed by atoms with Gasteiger partial charge in [0.2, 0.25) is 11.8 Å². The van der Waals surface area contributed by atoms with Gasteiger partial charge in [-0.2, -0.15) is 0 Å². The van der Waals surface area contributed by atoms with Gasteiger partial charge in [-0.05, 0) is 17.7 Å². The highest BCUT2D eigenvalue weighted by Gasteiger charge is 2.07. The van der Waals surface area contributed by atoms with Crippen LogP contribution in [0.1, 0.15) is 5.56 Å². The number of amides is 2. The molecule has 86 valence electrons. The van der Waals surface area contributed by atoms with Crippen LogP contribution in [0.4, 0.5) is 0 Å². The smallest absolute Gasteiger partial charge is 0.236 e. The molecule has 0 radical (unpaired) electrons. The minimum atomic E-state index is -0.587. The Morgan fingerprint density at radius 1 is 1.31 bits per heavy atom. The van der Waals surface area contributed by atoms with Gasteiger partial charge in [0.1, 0.15) is 0 Å². The van der Waals surface area contributed by atoms with E-state index in [0.717, 1.165) is 0 Å². The zero-order valence-corrected chi connectivity index (χ0v) is 9.81. The molecule has 3 N–H and O–H groups in total. The van der Waals surface area contributed by atoms with Gasteiger partial charge >= 0.3 is 0 Å². The molecule has 1 rings (SSSR count). The molecule has 0 aliphatic rings. The van der Waals surface area contributed by atoms with E-state index in [0.29, 0.717) is 15.6 Å². The van der Waals surface area contributed by atoms with E-state index in [-0.39, 0.29) is 18.9 Å². The first-order valence-corrected chi connectivity index (χ1v) is 5.23. The third-order valence-electron chi connectivity index (χ3n) is 1.83. The van der Waals surface area contributed by atoms with Gasteiger partial charge < -0.3 is 11.1 Å². The molecule has 0 atom stereocenters. The number of nitrogens with two attached hydrogens (primary N) is 1. The van der Waals surface area contributed by atoms with Crippen molar-refractivity contribution >= 4 is 35.0 Å². The van der Waals surface area contributed by atoms with Crippen molar-refractivity contribution in [3.8, 4) is 0 Å². The summed E-state index contributed by atoms with van der Waals surface area (Å²) in [5.41, 5.74) is 5.53. The van der Waals surface area contributed by atoms with Gasteiger partial charge in [0.05, 0.1) is 13.0 Å². The number of hydrogen-bond donors (Lipinski definition) is 2. The summed E-state index contributed by atoms with van der Waals surface area (Å²) in [6.45, 7) is -0.177. The largest absolute Gasteiger partial charge is 0.368 e. The minimum Gasteiger partial charge on any atom is -0.368 e. The second-order valence-corrected chi connectivity index (χ2v) is 4.00.